The standard InChI is InChI=1S/C12H17NO5/c1-16-4-5-17-6-7-18-12(15)9-2-3-11(14)10(13)8-9/h2-3,8,14H,4-7,13H2,1H3. The number of aromatic hydroxyl groups is 1. The van der Waals surface area contributed by atoms with Gasteiger partial charge in [-0.3, -0.25) is 0 Å². The van der Waals surface area contributed by atoms with Crippen LogP contribution in [-0.2, 0) is 14.2 Å². The van der Waals surface area contributed by atoms with Gasteiger partial charge in [0.15, 0.2) is 0 Å². The fourth-order valence-electron chi connectivity index (χ4n) is 1.20. The molecule has 0 aliphatic rings. The Bertz CT molecular complexity index is 394. The molecule has 0 aromatic heterocycles. The van der Waals surface area contributed by atoms with Crippen molar-refractivity contribution < 1.29 is 24.1 Å². The van der Waals surface area contributed by atoms with Crippen LogP contribution >= 0.6 is 0 Å². The van der Waals surface area contributed by atoms with Crippen LogP contribution < -0.4 is 5.73 Å². The lowest BCUT2D eigenvalue weighted by Gasteiger charge is -2.06. The van der Waals surface area contributed by atoms with Gasteiger partial charge in [-0.1, -0.05) is 0 Å². The predicted molar refractivity (Wildman–Crippen MR) is 65.5 cm³/mol. The number of carbonyl (C=O) groups excluding carboxylic acids is 1. The zero-order valence-corrected chi connectivity index (χ0v) is 10.2. The van der Waals surface area contributed by atoms with Crippen molar-refractivity contribution in [1.29, 1.82) is 0 Å². The first-order valence-electron chi connectivity index (χ1n) is 5.47. The third-order valence-electron chi connectivity index (χ3n) is 2.16. The van der Waals surface area contributed by atoms with Gasteiger partial charge in [-0.05, 0) is 18.2 Å². The molecular formula is C12H17NO5. The molecule has 0 radical (unpaired) electrons. The molecule has 0 saturated carbocycles. The minimum Gasteiger partial charge on any atom is -0.506 e. The average Bonchev–Trinajstić information content (AvgIpc) is 2.36. The third kappa shape index (κ3) is 4.60. The van der Waals surface area contributed by atoms with E-state index in [4.69, 9.17) is 19.9 Å². The highest BCUT2D eigenvalue weighted by Crippen LogP contribution is 2.20. The summed E-state index contributed by atoms with van der Waals surface area (Å²) < 4.78 is 14.9. The van der Waals surface area contributed by atoms with Crippen molar-refractivity contribution in [2.75, 3.05) is 39.3 Å². The molecule has 0 aliphatic heterocycles. The van der Waals surface area contributed by atoms with Gasteiger partial charge in [0.25, 0.3) is 0 Å². The van der Waals surface area contributed by atoms with Crippen LogP contribution in [0.4, 0.5) is 5.69 Å². The summed E-state index contributed by atoms with van der Waals surface area (Å²) >= 11 is 0. The average molecular weight is 255 g/mol. The van der Waals surface area contributed by atoms with E-state index in [0.717, 1.165) is 0 Å². The summed E-state index contributed by atoms with van der Waals surface area (Å²) in [7, 11) is 1.58. The number of carbonyl (C=O) groups is 1. The van der Waals surface area contributed by atoms with Gasteiger partial charge < -0.3 is 25.1 Å². The Morgan fingerprint density at radius 2 is 2.00 bits per heavy atom. The number of hydrogen-bond acceptors (Lipinski definition) is 6. The molecule has 6 nitrogen and oxygen atoms in total. The molecule has 100 valence electrons. The number of phenols is 1. The van der Waals surface area contributed by atoms with Gasteiger partial charge in [0, 0.05) is 7.11 Å². The molecule has 0 heterocycles. The molecule has 6 heteroatoms. The Morgan fingerprint density at radius 1 is 1.28 bits per heavy atom. The fraction of sp³-hybridized carbons (Fsp3) is 0.417. The van der Waals surface area contributed by atoms with E-state index >= 15 is 0 Å². The number of esters is 1. The van der Waals surface area contributed by atoms with Crippen LogP contribution in [0.3, 0.4) is 0 Å². The van der Waals surface area contributed by atoms with E-state index in [2.05, 4.69) is 0 Å². The molecule has 1 aromatic carbocycles. The van der Waals surface area contributed by atoms with E-state index in [1.807, 2.05) is 0 Å². The van der Waals surface area contributed by atoms with Crippen LogP contribution in [0, 0.1) is 0 Å². The van der Waals surface area contributed by atoms with Crippen molar-refractivity contribution in [3.8, 4) is 5.75 Å². The van der Waals surface area contributed by atoms with Gasteiger partial charge in [-0.2, -0.15) is 0 Å². The largest absolute Gasteiger partial charge is 0.506 e. The van der Waals surface area contributed by atoms with Crippen LogP contribution in [0.5, 0.6) is 5.75 Å². The van der Waals surface area contributed by atoms with Crippen molar-refractivity contribution in [3.05, 3.63) is 23.8 Å². The van der Waals surface area contributed by atoms with Gasteiger partial charge in [-0.25, -0.2) is 4.79 Å². The second-order valence-electron chi connectivity index (χ2n) is 3.51. The number of phenolic OH excluding ortho intramolecular Hbond substituents is 1. The first-order valence-corrected chi connectivity index (χ1v) is 5.47. The van der Waals surface area contributed by atoms with E-state index in [0.29, 0.717) is 25.4 Å². The Kier molecular flexibility index (Phi) is 5.96. The number of nitrogens with two attached hydrogens (primary N) is 1. The first kappa shape index (κ1) is 14.3. The highest BCUT2D eigenvalue weighted by Gasteiger charge is 2.08. The lowest BCUT2D eigenvalue weighted by Crippen LogP contribution is -2.12. The molecule has 18 heavy (non-hydrogen) atoms. The minimum atomic E-state index is -0.503. The number of anilines is 1. The molecule has 0 aliphatic carbocycles. The van der Waals surface area contributed by atoms with E-state index in [1.54, 1.807) is 7.11 Å². The quantitative estimate of drug-likeness (QED) is 0.324. The molecule has 0 saturated heterocycles. The summed E-state index contributed by atoms with van der Waals surface area (Å²) in [5.41, 5.74) is 5.91. The number of methoxy groups -OCH3 is 1. The van der Waals surface area contributed by atoms with E-state index in [1.165, 1.54) is 18.2 Å². The number of rotatable bonds is 7. The summed E-state index contributed by atoms with van der Waals surface area (Å²) in [6.45, 7) is 1.43. The zero-order chi connectivity index (χ0) is 13.4. The monoisotopic (exact) mass is 255 g/mol. The van der Waals surface area contributed by atoms with Gasteiger partial charge in [0.1, 0.15) is 12.4 Å². The fourth-order valence-corrected chi connectivity index (χ4v) is 1.20. The van der Waals surface area contributed by atoms with Crippen molar-refractivity contribution in [2.45, 2.75) is 0 Å². The number of hydrogen-bond donors (Lipinski definition) is 2. The van der Waals surface area contributed by atoms with E-state index in [-0.39, 0.29) is 18.0 Å². The van der Waals surface area contributed by atoms with Crippen LogP contribution in [0.15, 0.2) is 18.2 Å². The van der Waals surface area contributed by atoms with E-state index in [9.17, 15) is 9.90 Å². The van der Waals surface area contributed by atoms with Crippen molar-refractivity contribution in [1.82, 2.24) is 0 Å². The molecule has 0 atom stereocenters. The van der Waals surface area contributed by atoms with Gasteiger partial charge >= 0.3 is 5.97 Å². The molecule has 1 aromatic rings. The van der Waals surface area contributed by atoms with Crippen molar-refractivity contribution in [2.24, 2.45) is 0 Å². The Morgan fingerprint density at radius 3 is 2.67 bits per heavy atom. The lowest BCUT2D eigenvalue weighted by atomic mass is 10.2. The topological polar surface area (TPSA) is 91.0 Å². The summed E-state index contributed by atoms with van der Waals surface area (Å²) in [6.07, 6.45) is 0. The number of benzene rings is 1. The number of nitrogen functional groups attached to an aromatic ring is 1. The Balaban J connectivity index is 2.30. The highest BCUT2D eigenvalue weighted by molar-refractivity contribution is 5.90. The normalized spacial score (nSPS) is 10.3. The van der Waals surface area contributed by atoms with Crippen molar-refractivity contribution >= 4 is 11.7 Å². The van der Waals surface area contributed by atoms with E-state index < -0.39 is 5.97 Å². The third-order valence-corrected chi connectivity index (χ3v) is 2.16. The second-order valence-corrected chi connectivity index (χ2v) is 3.51. The maximum atomic E-state index is 11.6. The molecule has 0 bridgehead atoms. The Hall–Kier alpha value is -1.79. The summed E-state index contributed by atoms with van der Waals surface area (Å²) in [4.78, 5) is 11.6. The molecule has 3 N–H and O–H groups in total. The number of ether oxygens (including phenoxy) is 3. The summed E-state index contributed by atoms with van der Waals surface area (Å²) in [5.74, 6) is -0.563. The maximum Gasteiger partial charge on any atom is 0.338 e. The molecular weight excluding hydrogens is 238 g/mol. The Labute approximate surface area is 105 Å². The molecule has 0 amide bonds. The maximum absolute atomic E-state index is 11.6. The van der Waals surface area contributed by atoms with Gasteiger partial charge in [-0.15, -0.1) is 0 Å². The lowest BCUT2D eigenvalue weighted by molar-refractivity contribution is 0.0214. The molecule has 0 unspecified atom stereocenters. The van der Waals surface area contributed by atoms with Crippen LogP contribution in [-0.4, -0.2) is 44.6 Å². The molecule has 1 rings (SSSR count). The SMILES string of the molecule is COCCOCCOC(=O)c1ccc(O)c(N)c1. The summed E-state index contributed by atoms with van der Waals surface area (Å²) in [5, 5.41) is 9.21. The van der Waals surface area contributed by atoms with Crippen LogP contribution in [0.2, 0.25) is 0 Å². The minimum absolute atomic E-state index is 0.0607. The summed E-state index contributed by atoms with van der Waals surface area (Å²) in [6, 6.07) is 4.16. The molecule has 0 spiro atoms. The van der Waals surface area contributed by atoms with Gasteiger partial charge in [0.2, 0.25) is 0 Å². The second kappa shape index (κ2) is 7.52. The first-order chi connectivity index (χ1) is 8.65. The highest BCUT2D eigenvalue weighted by atomic mass is 16.6. The zero-order valence-electron chi connectivity index (χ0n) is 10.2. The molecule has 0 fully saturated rings. The smallest absolute Gasteiger partial charge is 0.338 e. The predicted octanol–water partition coefficient (Wildman–Crippen LogP) is 0.794. The van der Waals surface area contributed by atoms with Crippen LogP contribution in [0.1, 0.15) is 10.4 Å². The van der Waals surface area contributed by atoms with Crippen LogP contribution in [0.25, 0.3) is 0 Å². The van der Waals surface area contributed by atoms with Gasteiger partial charge in [0.05, 0.1) is 31.1 Å². The van der Waals surface area contributed by atoms with Crippen molar-refractivity contribution in [3.63, 3.8) is 0 Å².